The maximum absolute atomic E-state index is 9.22. The van der Waals surface area contributed by atoms with Crippen LogP contribution in [0.1, 0.15) is 136 Å². The predicted molar refractivity (Wildman–Crippen MR) is 158 cm³/mol. The van der Waals surface area contributed by atoms with Crippen molar-refractivity contribution >= 4 is 16.2 Å². The number of quaternary nitrogens is 1. The summed E-state index contributed by atoms with van der Waals surface area (Å²) in [5.74, 6) is 2.16. The minimum atomic E-state index is -4.41. The lowest BCUT2D eigenvalue weighted by Gasteiger charge is -2.32. The number of likely N-dealkylation sites (N-methyl/N-ethyl adjacent to an activating group) is 1. The molecule has 1 rings (SSSR count). The van der Waals surface area contributed by atoms with Gasteiger partial charge in [0.2, 0.25) is 16.2 Å². The van der Waals surface area contributed by atoms with Gasteiger partial charge in [-0.2, -0.15) is 0 Å². The van der Waals surface area contributed by atoms with Crippen LogP contribution in [0.2, 0.25) is 0 Å². The van der Waals surface area contributed by atoms with Crippen molar-refractivity contribution in [2.75, 3.05) is 33.8 Å². The summed E-state index contributed by atoms with van der Waals surface area (Å²) in [7, 11) is -1.20. The first-order chi connectivity index (χ1) is 17.7. The molecule has 0 spiro atoms. The van der Waals surface area contributed by atoms with Crippen LogP contribution in [0.4, 0.5) is 0 Å². The van der Waals surface area contributed by atoms with Crippen molar-refractivity contribution < 1.29 is 21.6 Å². The van der Waals surface area contributed by atoms with Crippen LogP contribution < -0.4 is 0 Å². The zero-order valence-electron chi connectivity index (χ0n) is 25.0. The average Bonchev–Trinajstić information content (AvgIpc) is 3.24. The first kappa shape index (κ1) is 36.2. The van der Waals surface area contributed by atoms with Crippen LogP contribution in [0.25, 0.3) is 0 Å². The summed E-state index contributed by atoms with van der Waals surface area (Å²) in [6.07, 6.45) is 29.9. The maximum Gasteiger partial charge on any atom is 0.217 e. The Balaban J connectivity index is 0.00000192. The van der Waals surface area contributed by atoms with Gasteiger partial charge < -0.3 is 4.55 Å². The van der Waals surface area contributed by atoms with E-state index in [0.717, 1.165) is 18.1 Å². The smallest absolute Gasteiger partial charge is 0.217 e. The van der Waals surface area contributed by atoms with Crippen molar-refractivity contribution in [3.63, 3.8) is 0 Å². The fraction of sp³-hybridized carbons (Fsp3) is 0.900. The monoisotopic (exact) mass is 544 g/mol. The number of amidine groups is 1. The van der Waals surface area contributed by atoms with Crippen LogP contribution in [-0.2, 0) is 14.6 Å². The summed E-state index contributed by atoms with van der Waals surface area (Å²) in [6, 6.07) is 0. The molecule has 0 amide bonds. The highest BCUT2D eigenvalue weighted by Gasteiger charge is 2.35. The van der Waals surface area contributed by atoms with Gasteiger partial charge in [-0.05, 0) is 38.5 Å². The number of hydrogen-bond donors (Lipinski definition) is 0. The normalized spacial score (nSPS) is 18.6. The van der Waals surface area contributed by atoms with E-state index in [4.69, 9.17) is 4.99 Å². The molecule has 0 saturated heterocycles. The Hall–Kier alpha value is -0.760. The highest BCUT2D eigenvalue weighted by atomic mass is 32.3. The number of hydrogen-bond acceptors (Lipinski definition) is 5. The lowest BCUT2D eigenvalue weighted by atomic mass is 9.99. The Morgan fingerprint density at radius 1 is 0.865 bits per heavy atom. The van der Waals surface area contributed by atoms with Crippen LogP contribution >= 0.6 is 0 Å². The Kier molecular flexibility index (Phi) is 22.7. The highest BCUT2D eigenvalue weighted by molar-refractivity contribution is 7.80. The van der Waals surface area contributed by atoms with Gasteiger partial charge in [-0.3, -0.25) is 8.67 Å². The minimum absolute atomic E-state index is 0.674. The third kappa shape index (κ3) is 20.8. The standard InChI is InChI=1S/C29H57N2.CH4O4S/c1-5-7-8-9-10-11-12-13-14-15-16-17-18-19-20-21-22-23-24-28(3)29-30-25-27-31(29,4)26-6-2;1-5-6(2,3)4/h13-14,28H,5-12,15-27H2,1-4H3;1H3,(H,2,3,4)/q+1;/p-1/b14-13-;. The van der Waals surface area contributed by atoms with Crippen molar-refractivity contribution in [2.45, 2.75) is 136 Å². The second-order valence-corrected chi connectivity index (χ2v) is 12.1. The van der Waals surface area contributed by atoms with Crippen molar-refractivity contribution in [3.8, 4) is 0 Å². The van der Waals surface area contributed by atoms with E-state index >= 15 is 0 Å². The van der Waals surface area contributed by atoms with E-state index in [0.29, 0.717) is 5.92 Å². The van der Waals surface area contributed by atoms with E-state index in [1.54, 1.807) is 0 Å². The summed E-state index contributed by atoms with van der Waals surface area (Å²) in [6.45, 7) is 10.5. The number of allylic oxidation sites excluding steroid dienone is 2. The number of aliphatic imine (C=N–C) groups is 1. The zero-order chi connectivity index (χ0) is 27.8. The molecule has 1 heterocycles. The van der Waals surface area contributed by atoms with Crippen LogP contribution in [0.15, 0.2) is 17.1 Å². The SMILES string of the molecule is CCCCCCCC/C=C\CCCCCCCCCCC(C)C1=NCC[N+]1(C)CCC.COS(=O)(=O)[O-]. The van der Waals surface area contributed by atoms with Gasteiger partial charge in [0.1, 0.15) is 6.54 Å². The molecule has 0 aromatic carbocycles. The summed E-state index contributed by atoms with van der Waals surface area (Å²) in [5.41, 5.74) is 0. The molecule has 0 saturated carbocycles. The molecule has 220 valence electrons. The second-order valence-electron chi connectivity index (χ2n) is 11.0. The number of rotatable bonds is 22. The van der Waals surface area contributed by atoms with Crippen LogP contribution in [0, 0.1) is 5.92 Å². The molecule has 0 aliphatic carbocycles. The Morgan fingerprint density at radius 3 is 1.78 bits per heavy atom. The molecular weight excluding hydrogens is 484 g/mol. The van der Waals surface area contributed by atoms with Gasteiger partial charge in [0.15, 0.2) is 0 Å². The van der Waals surface area contributed by atoms with E-state index in [9.17, 15) is 13.0 Å². The lowest BCUT2D eigenvalue weighted by molar-refractivity contribution is -0.816. The van der Waals surface area contributed by atoms with Gasteiger partial charge in [-0.1, -0.05) is 110 Å². The molecule has 0 aromatic rings. The average molecular weight is 545 g/mol. The molecule has 37 heavy (non-hydrogen) atoms. The summed E-state index contributed by atoms with van der Waals surface area (Å²) in [5, 5.41) is 0. The lowest BCUT2D eigenvalue weighted by Crippen LogP contribution is -2.49. The topological polar surface area (TPSA) is 78.8 Å². The minimum Gasteiger partial charge on any atom is -0.726 e. The summed E-state index contributed by atoms with van der Waals surface area (Å²) >= 11 is 0. The van der Waals surface area contributed by atoms with Crippen LogP contribution in [-0.4, -0.2) is 57.1 Å². The molecule has 6 nitrogen and oxygen atoms in total. The van der Waals surface area contributed by atoms with Crippen molar-refractivity contribution in [2.24, 2.45) is 10.9 Å². The number of nitrogens with zero attached hydrogens (tertiary/aromatic N) is 2. The van der Waals surface area contributed by atoms with E-state index in [2.05, 4.69) is 44.2 Å². The van der Waals surface area contributed by atoms with Crippen LogP contribution in [0.3, 0.4) is 0 Å². The van der Waals surface area contributed by atoms with E-state index < -0.39 is 10.4 Å². The Labute approximate surface area is 230 Å². The molecule has 0 aromatic heterocycles. The number of unbranched alkanes of at least 4 members (excludes halogenated alkanes) is 14. The quantitative estimate of drug-likeness (QED) is 0.0452. The largest absolute Gasteiger partial charge is 0.726 e. The first-order valence-electron chi connectivity index (χ1n) is 15.3. The predicted octanol–water partition coefficient (Wildman–Crippen LogP) is 8.19. The molecule has 0 bridgehead atoms. The Bertz CT molecular complexity index is 694. The van der Waals surface area contributed by atoms with Gasteiger partial charge >= 0.3 is 0 Å². The van der Waals surface area contributed by atoms with Gasteiger partial charge in [-0.15, -0.1) is 0 Å². The molecule has 7 heteroatoms. The zero-order valence-corrected chi connectivity index (χ0v) is 25.8. The first-order valence-corrected chi connectivity index (χ1v) is 16.6. The molecule has 2 atom stereocenters. The van der Waals surface area contributed by atoms with E-state index in [1.165, 1.54) is 134 Å². The van der Waals surface area contributed by atoms with Gasteiger partial charge in [0.05, 0.1) is 27.2 Å². The van der Waals surface area contributed by atoms with Crippen LogP contribution in [0.5, 0.6) is 0 Å². The highest BCUT2D eigenvalue weighted by Crippen LogP contribution is 2.23. The summed E-state index contributed by atoms with van der Waals surface area (Å²) in [4.78, 5) is 4.89. The third-order valence-corrected chi connectivity index (χ3v) is 7.84. The fourth-order valence-electron chi connectivity index (χ4n) is 5.26. The van der Waals surface area contributed by atoms with E-state index in [1.807, 2.05) is 0 Å². The van der Waals surface area contributed by atoms with Crippen molar-refractivity contribution in [3.05, 3.63) is 12.2 Å². The van der Waals surface area contributed by atoms with Gasteiger partial charge in [0, 0.05) is 5.92 Å². The Morgan fingerprint density at radius 2 is 1.32 bits per heavy atom. The fourth-order valence-corrected chi connectivity index (χ4v) is 5.26. The molecule has 1 aliphatic heterocycles. The molecule has 1 aliphatic rings. The molecule has 0 N–H and O–H groups in total. The molecule has 0 fully saturated rings. The van der Waals surface area contributed by atoms with Gasteiger partial charge in [0.25, 0.3) is 0 Å². The van der Waals surface area contributed by atoms with Gasteiger partial charge in [-0.25, -0.2) is 13.4 Å². The molecule has 2 unspecified atom stereocenters. The molecule has 0 radical (unpaired) electrons. The van der Waals surface area contributed by atoms with E-state index in [-0.39, 0.29) is 0 Å². The summed E-state index contributed by atoms with van der Waals surface area (Å²) < 4.78 is 32.1. The molecular formula is C30H60N2O4S. The third-order valence-electron chi connectivity index (χ3n) is 7.43. The van der Waals surface area contributed by atoms with Crippen molar-refractivity contribution in [1.82, 2.24) is 0 Å². The second kappa shape index (κ2) is 23.2. The van der Waals surface area contributed by atoms with Crippen molar-refractivity contribution in [1.29, 1.82) is 0 Å². The maximum atomic E-state index is 9.22.